The number of nitrogens with zero attached hydrogens (tertiary/aromatic N) is 2. The van der Waals surface area contributed by atoms with E-state index < -0.39 is 6.10 Å². The number of carbonyl (C=O) groups is 2. The third kappa shape index (κ3) is 3.24. The van der Waals surface area contributed by atoms with E-state index in [-0.39, 0.29) is 23.8 Å². The Bertz CT molecular complexity index is 678. The Hall–Kier alpha value is -2.24. The van der Waals surface area contributed by atoms with Gasteiger partial charge < -0.3 is 19.3 Å². The predicted octanol–water partition coefficient (Wildman–Crippen LogP) is 2.08. The second kappa shape index (κ2) is 7.17. The number of para-hydroxylation sites is 2. The van der Waals surface area contributed by atoms with Crippen molar-refractivity contribution in [3.8, 4) is 11.5 Å². The van der Waals surface area contributed by atoms with Crippen molar-refractivity contribution in [3.05, 3.63) is 24.3 Å². The largest absolute Gasteiger partial charge is 0.482 e. The van der Waals surface area contributed by atoms with Crippen molar-refractivity contribution in [2.24, 2.45) is 5.92 Å². The van der Waals surface area contributed by atoms with Crippen LogP contribution in [0.2, 0.25) is 0 Å². The fourth-order valence-corrected chi connectivity index (χ4v) is 4.11. The van der Waals surface area contributed by atoms with Crippen LogP contribution in [-0.4, -0.2) is 60.0 Å². The molecule has 0 aromatic heterocycles. The van der Waals surface area contributed by atoms with E-state index in [1.165, 1.54) is 0 Å². The molecule has 3 heterocycles. The van der Waals surface area contributed by atoms with Crippen molar-refractivity contribution in [2.45, 2.75) is 44.8 Å². The number of rotatable bonds is 2. The van der Waals surface area contributed by atoms with Gasteiger partial charge in [-0.1, -0.05) is 12.1 Å². The van der Waals surface area contributed by atoms with Crippen LogP contribution in [0.4, 0.5) is 0 Å². The van der Waals surface area contributed by atoms with E-state index in [2.05, 4.69) is 0 Å². The first-order valence-corrected chi connectivity index (χ1v) is 9.63. The maximum atomic E-state index is 12.9. The molecule has 140 valence electrons. The van der Waals surface area contributed by atoms with Crippen molar-refractivity contribution < 1.29 is 19.1 Å². The summed E-state index contributed by atoms with van der Waals surface area (Å²) in [6, 6.07) is 7.43. The van der Waals surface area contributed by atoms with E-state index in [4.69, 9.17) is 9.47 Å². The average Bonchev–Trinajstić information content (AvgIpc) is 3.21. The number of hydrogen-bond donors (Lipinski definition) is 0. The summed E-state index contributed by atoms with van der Waals surface area (Å²) in [6.07, 6.45) is 2.74. The van der Waals surface area contributed by atoms with E-state index in [1.54, 1.807) is 0 Å². The van der Waals surface area contributed by atoms with Gasteiger partial charge in [0.05, 0.1) is 0 Å². The Morgan fingerprint density at radius 3 is 2.12 bits per heavy atom. The van der Waals surface area contributed by atoms with Gasteiger partial charge in [-0.15, -0.1) is 0 Å². The number of benzene rings is 1. The molecular weight excluding hydrogens is 332 g/mol. The number of carbonyl (C=O) groups excluding carboxylic acids is 2. The fourth-order valence-electron chi connectivity index (χ4n) is 4.11. The van der Waals surface area contributed by atoms with E-state index in [9.17, 15) is 9.59 Å². The predicted molar refractivity (Wildman–Crippen MR) is 96.1 cm³/mol. The van der Waals surface area contributed by atoms with E-state index in [0.29, 0.717) is 24.6 Å². The first-order chi connectivity index (χ1) is 12.6. The van der Waals surface area contributed by atoms with Gasteiger partial charge in [-0.05, 0) is 44.7 Å². The summed E-state index contributed by atoms with van der Waals surface area (Å²) in [5.41, 5.74) is 0. The molecule has 0 bridgehead atoms. The molecule has 0 saturated carbocycles. The number of fused-ring (bicyclic) bond motifs is 1. The van der Waals surface area contributed by atoms with Crippen LogP contribution >= 0.6 is 0 Å². The van der Waals surface area contributed by atoms with Gasteiger partial charge in [-0.25, -0.2) is 0 Å². The van der Waals surface area contributed by atoms with Crippen LogP contribution < -0.4 is 9.47 Å². The highest BCUT2D eigenvalue weighted by Gasteiger charge is 2.39. The molecule has 1 aromatic carbocycles. The summed E-state index contributed by atoms with van der Waals surface area (Å²) in [5, 5.41) is 0. The monoisotopic (exact) mass is 358 g/mol. The first-order valence-electron chi connectivity index (χ1n) is 9.63. The highest BCUT2D eigenvalue weighted by molar-refractivity contribution is 5.83. The highest BCUT2D eigenvalue weighted by atomic mass is 16.6. The summed E-state index contributed by atoms with van der Waals surface area (Å²) in [6.45, 7) is 4.86. The lowest BCUT2D eigenvalue weighted by atomic mass is 9.94. The zero-order valence-corrected chi connectivity index (χ0v) is 15.2. The molecule has 0 spiro atoms. The molecule has 2 fully saturated rings. The summed E-state index contributed by atoms with van der Waals surface area (Å²) in [7, 11) is 0. The summed E-state index contributed by atoms with van der Waals surface area (Å²) >= 11 is 0. The van der Waals surface area contributed by atoms with Crippen LogP contribution in [0.25, 0.3) is 0 Å². The fraction of sp³-hybridized carbons (Fsp3) is 0.600. The van der Waals surface area contributed by atoms with Crippen LogP contribution in [0.5, 0.6) is 11.5 Å². The van der Waals surface area contributed by atoms with Crippen molar-refractivity contribution in [3.63, 3.8) is 0 Å². The SMILES string of the molecule is CC1Oc2ccccc2OC1C(=O)N1CCC(C(=O)N2CCCC2)CC1. The minimum Gasteiger partial charge on any atom is -0.482 e. The molecule has 0 aliphatic carbocycles. The van der Waals surface area contributed by atoms with Crippen LogP contribution in [0, 0.1) is 5.92 Å². The van der Waals surface area contributed by atoms with E-state index >= 15 is 0 Å². The normalized spacial score (nSPS) is 26.0. The molecule has 3 aliphatic heterocycles. The van der Waals surface area contributed by atoms with Crippen LogP contribution in [-0.2, 0) is 9.59 Å². The molecule has 1 aromatic rings. The summed E-state index contributed by atoms with van der Waals surface area (Å²) in [4.78, 5) is 29.3. The van der Waals surface area contributed by atoms with Gasteiger partial charge in [-0.2, -0.15) is 0 Å². The Labute approximate surface area is 154 Å². The van der Waals surface area contributed by atoms with Gasteiger partial charge in [0.1, 0.15) is 6.10 Å². The van der Waals surface area contributed by atoms with Crippen LogP contribution in [0.1, 0.15) is 32.6 Å². The molecule has 3 aliphatic rings. The Balaban J connectivity index is 1.35. The van der Waals surface area contributed by atoms with Gasteiger partial charge in [0, 0.05) is 32.1 Å². The van der Waals surface area contributed by atoms with Gasteiger partial charge in [-0.3, -0.25) is 9.59 Å². The van der Waals surface area contributed by atoms with Gasteiger partial charge >= 0.3 is 0 Å². The van der Waals surface area contributed by atoms with Crippen molar-refractivity contribution >= 4 is 11.8 Å². The van der Waals surface area contributed by atoms with Crippen molar-refractivity contribution in [2.75, 3.05) is 26.2 Å². The number of amides is 2. The summed E-state index contributed by atoms with van der Waals surface area (Å²) < 4.78 is 11.8. The molecule has 6 nitrogen and oxygen atoms in total. The van der Waals surface area contributed by atoms with Crippen molar-refractivity contribution in [1.82, 2.24) is 9.80 Å². The smallest absolute Gasteiger partial charge is 0.267 e. The number of hydrogen-bond acceptors (Lipinski definition) is 4. The molecule has 2 unspecified atom stereocenters. The quantitative estimate of drug-likeness (QED) is 0.812. The maximum absolute atomic E-state index is 12.9. The minimum atomic E-state index is -0.629. The average molecular weight is 358 g/mol. The molecule has 0 N–H and O–H groups in total. The molecule has 2 amide bonds. The van der Waals surface area contributed by atoms with Crippen LogP contribution in [0.15, 0.2) is 24.3 Å². The van der Waals surface area contributed by atoms with Gasteiger partial charge in [0.15, 0.2) is 11.5 Å². The molecule has 2 saturated heterocycles. The Morgan fingerprint density at radius 2 is 1.46 bits per heavy atom. The summed E-state index contributed by atoms with van der Waals surface area (Å²) in [5.74, 6) is 1.58. The lowest BCUT2D eigenvalue weighted by Crippen LogP contribution is -2.53. The molecule has 2 atom stereocenters. The molecular formula is C20H26N2O4. The third-order valence-corrected chi connectivity index (χ3v) is 5.66. The van der Waals surface area contributed by atoms with Crippen molar-refractivity contribution in [1.29, 1.82) is 0 Å². The minimum absolute atomic E-state index is 0.0425. The second-order valence-electron chi connectivity index (χ2n) is 7.44. The Kier molecular flexibility index (Phi) is 4.74. The molecule has 4 rings (SSSR count). The van der Waals surface area contributed by atoms with Gasteiger partial charge in [0.25, 0.3) is 5.91 Å². The number of piperidine rings is 1. The standard InChI is InChI=1S/C20H26N2O4/c1-14-18(26-17-7-3-2-6-16(17)25-14)20(24)22-12-8-15(9-13-22)19(23)21-10-4-5-11-21/h2-3,6-7,14-15,18H,4-5,8-13H2,1H3. The second-order valence-corrected chi connectivity index (χ2v) is 7.44. The van der Waals surface area contributed by atoms with E-state index in [0.717, 1.165) is 38.8 Å². The lowest BCUT2D eigenvalue weighted by Gasteiger charge is -2.37. The zero-order chi connectivity index (χ0) is 18.1. The number of ether oxygens (including phenoxy) is 2. The molecule has 26 heavy (non-hydrogen) atoms. The zero-order valence-electron chi connectivity index (χ0n) is 15.2. The highest BCUT2D eigenvalue weighted by Crippen LogP contribution is 2.34. The molecule has 6 heteroatoms. The van der Waals surface area contributed by atoms with Crippen LogP contribution in [0.3, 0.4) is 0 Å². The van der Waals surface area contributed by atoms with Gasteiger partial charge in [0.2, 0.25) is 12.0 Å². The first kappa shape index (κ1) is 17.2. The topological polar surface area (TPSA) is 59.1 Å². The third-order valence-electron chi connectivity index (χ3n) is 5.66. The Morgan fingerprint density at radius 1 is 0.885 bits per heavy atom. The van der Waals surface area contributed by atoms with E-state index in [1.807, 2.05) is 41.0 Å². The maximum Gasteiger partial charge on any atom is 0.267 e. The molecule has 0 radical (unpaired) electrons. The lowest BCUT2D eigenvalue weighted by molar-refractivity contribution is -0.148. The number of likely N-dealkylation sites (tertiary alicyclic amines) is 2.